The van der Waals surface area contributed by atoms with Gasteiger partial charge in [0.15, 0.2) is 16.5 Å². The van der Waals surface area contributed by atoms with Crippen LogP contribution >= 0.6 is 22.7 Å². The van der Waals surface area contributed by atoms with Gasteiger partial charge in [0.25, 0.3) is 0 Å². The molecule has 0 N–H and O–H groups in total. The van der Waals surface area contributed by atoms with Gasteiger partial charge in [0.1, 0.15) is 5.75 Å². The van der Waals surface area contributed by atoms with Crippen LogP contribution in [0.5, 0.6) is 5.75 Å². The smallest absolute Gasteiger partial charge is 0.195 e. The Hall–Kier alpha value is -6.66. The molecule has 1 aliphatic heterocycles. The van der Waals surface area contributed by atoms with Crippen LogP contribution in [0, 0.1) is 0 Å². The molecule has 0 bridgehead atoms. The van der Waals surface area contributed by atoms with Gasteiger partial charge in [0.05, 0.1) is 0 Å². The van der Waals surface area contributed by atoms with Crippen molar-refractivity contribution in [3.8, 4) is 28.0 Å². The molecule has 0 unspecified atom stereocenters. The van der Waals surface area contributed by atoms with E-state index in [1.54, 1.807) is 22.7 Å². The summed E-state index contributed by atoms with van der Waals surface area (Å²) in [6, 6.07) is 57.8. The van der Waals surface area contributed by atoms with Crippen molar-refractivity contribution in [1.82, 2.24) is 0 Å². The summed E-state index contributed by atoms with van der Waals surface area (Å²) in [5, 5.41) is 5.32. The van der Waals surface area contributed by atoms with Crippen LogP contribution in [0.1, 0.15) is 23.6 Å². The number of benzene rings is 8. The fourth-order valence-corrected chi connectivity index (χ4v) is 10.7. The summed E-state index contributed by atoms with van der Waals surface area (Å²) in [5.74, 6) is 0.832. The van der Waals surface area contributed by atoms with Crippen LogP contribution in [0.25, 0.3) is 78.9 Å². The van der Waals surface area contributed by atoms with Gasteiger partial charge in [-0.25, -0.2) is 0 Å². The largest absolute Gasteiger partial charge is 0.473 e. The Morgan fingerprint density at radius 1 is 0.439 bits per heavy atom. The molecule has 0 amide bonds. The molecule has 0 aliphatic carbocycles. The van der Waals surface area contributed by atoms with E-state index in [0.29, 0.717) is 0 Å². The lowest BCUT2D eigenvalue weighted by Gasteiger charge is -2.38. The number of ether oxygens (including phenoxy) is 1. The standard InChI is InChI=1S/C52H32O3S2/c1-31-30-52(55-44-25-18-34-8-2-3-9-39(34)49(31)44,37-21-14-32(15-22-37)35-19-26-47-42(28-35)50(53)40-10-4-6-12-45(40)56-47)38-23-16-33(17-24-38)36-20-27-48-43(29-36)51(54)41-11-5-7-13-46(41)57-48/h2-30H,1H3. The molecule has 0 spiro atoms. The maximum atomic E-state index is 13.5. The Bertz CT molecular complexity index is 3250. The average Bonchev–Trinajstić information content (AvgIpc) is 3.26. The van der Waals surface area contributed by atoms with Crippen molar-refractivity contribution in [2.75, 3.05) is 0 Å². The van der Waals surface area contributed by atoms with Crippen molar-refractivity contribution in [3.05, 3.63) is 213 Å². The van der Waals surface area contributed by atoms with E-state index >= 15 is 0 Å². The normalized spacial score (nSPS) is 13.5. The maximum Gasteiger partial charge on any atom is 0.195 e. The number of hydrogen-bond donors (Lipinski definition) is 0. The zero-order chi connectivity index (χ0) is 38.3. The molecule has 0 radical (unpaired) electrons. The minimum absolute atomic E-state index is 0.0637. The van der Waals surface area contributed by atoms with Gasteiger partial charge in [-0.2, -0.15) is 0 Å². The number of rotatable bonds is 4. The zero-order valence-corrected chi connectivity index (χ0v) is 32.4. The second kappa shape index (κ2) is 13.0. The van der Waals surface area contributed by atoms with Crippen molar-refractivity contribution in [2.45, 2.75) is 12.5 Å². The van der Waals surface area contributed by atoms with E-state index in [9.17, 15) is 9.59 Å². The summed E-state index contributed by atoms with van der Waals surface area (Å²) in [5.41, 5.74) is 7.46. The monoisotopic (exact) mass is 768 g/mol. The van der Waals surface area contributed by atoms with E-state index in [0.717, 1.165) is 96.0 Å². The highest BCUT2D eigenvalue weighted by atomic mass is 32.1. The van der Waals surface area contributed by atoms with Crippen molar-refractivity contribution in [3.63, 3.8) is 0 Å². The molecule has 0 saturated carbocycles. The van der Waals surface area contributed by atoms with Gasteiger partial charge < -0.3 is 4.74 Å². The maximum absolute atomic E-state index is 13.5. The molecule has 0 atom stereocenters. The minimum Gasteiger partial charge on any atom is -0.473 e. The summed E-state index contributed by atoms with van der Waals surface area (Å²) in [4.78, 5) is 27.1. The molecule has 11 rings (SSSR count). The third kappa shape index (κ3) is 5.38. The van der Waals surface area contributed by atoms with Gasteiger partial charge in [0, 0.05) is 57.0 Å². The first-order chi connectivity index (χ1) is 27.9. The molecule has 3 heterocycles. The van der Waals surface area contributed by atoms with Crippen LogP contribution in [0.4, 0.5) is 0 Å². The summed E-state index contributed by atoms with van der Waals surface area (Å²) in [6.07, 6.45) is 2.25. The van der Waals surface area contributed by atoms with Gasteiger partial charge in [0.2, 0.25) is 0 Å². The summed E-state index contributed by atoms with van der Waals surface area (Å²) < 4.78 is 11.2. The third-order valence-corrected chi connectivity index (χ3v) is 13.7. The first-order valence-corrected chi connectivity index (χ1v) is 20.6. The van der Waals surface area contributed by atoms with Crippen LogP contribution in [-0.4, -0.2) is 0 Å². The molecule has 5 heteroatoms. The quantitative estimate of drug-likeness (QED) is 0.168. The van der Waals surface area contributed by atoms with E-state index < -0.39 is 5.60 Å². The number of hydrogen-bond acceptors (Lipinski definition) is 5. The summed E-state index contributed by atoms with van der Waals surface area (Å²) in [7, 11) is 0. The van der Waals surface area contributed by atoms with Gasteiger partial charge in [-0.1, -0.05) is 115 Å². The lowest BCUT2D eigenvalue weighted by molar-refractivity contribution is 0.160. The Kier molecular flexibility index (Phi) is 7.65. The van der Waals surface area contributed by atoms with Gasteiger partial charge >= 0.3 is 0 Å². The second-order valence-corrected chi connectivity index (χ2v) is 16.9. The second-order valence-electron chi connectivity index (χ2n) is 14.8. The lowest BCUT2D eigenvalue weighted by atomic mass is 9.80. The summed E-state index contributed by atoms with van der Waals surface area (Å²) in [6.45, 7) is 2.17. The molecule has 2 aromatic heterocycles. The minimum atomic E-state index is -0.922. The Morgan fingerprint density at radius 2 is 0.895 bits per heavy atom. The lowest BCUT2D eigenvalue weighted by Crippen LogP contribution is -2.35. The van der Waals surface area contributed by atoms with Gasteiger partial charge in [-0.3, -0.25) is 9.59 Å². The molecule has 1 aliphatic rings. The van der Waals surface area contributed by atoms with Crippen molar-refractivity contribution >= 4 is 79.4 Å². The molecule has 3 nitrogen and oxygen atoms in total. The van der Waals surface area contributed by atoms with Crippen LogP contribution in [0.2, 0.25) is 0 Å². The van der Waals surface area contributed by atoms with Gasteiger partial charge in [-0.15, -0.1) is 22.7 Å². The predicted octanol–water partition coefficient (Wildman–Crippen LogP) is 13.4. The number of allylic oxidation sites excluding steroid dienone is 1. The predicted molar refractivity (Wildman–Crippen MR) is 241 cm³/mol. The van der Waals surface area contributed by atoms with Gasteiger partial charge in [-0.05, 0) is 106 Å². The third-order valence-electron chi connectivity index (χ3n) is 11.4. The van der Waals surface area contributed by atoms with Crippen molar-refractivity contribution < 1.29 is 4.74 Å². The summed E-state index contributed by atoms with van der Waals surface area (Å²) >= 11 is 3.29. The molecule has 10 aromatic rings. The Labute approximate surface area is 336 Å². The van der Waals surface area contributed by atoms with E-state index in [2.05, 4.69) is 122 Å². The average molecular weight is 769 g/mol. The SMILES string of the molecule is CC1=CC(c2ccc(-c3ccc4sc5ccccc5c(=O)c4c3)cc2)(c2ccc(-c3ccc4sc5ccccc5c(=O)c4c3)cc2)Oc2ccc3ccccc3c21. The first kappa shape index (κ1) is 33.7. The molecular weight excluding hydrogens is 737 g/mol. The van der Waals surface area contributed by atoms with Crippen LogP contribution in [0.15, 0.2) is 186 Å². The zero-order valence-electron chi connectivity index (χ0n) is 30.8. The highest BCUT2D eigenvalue weighted by molar-refractivity contribution is 7.25. The van der Waals surface area contributed by atoms with Crippen LogP contribution < -0.4 is 15.6 Å². The fraction of sp³-hybridized carbons (Fsp3) is 0.0385. The Morgan fingerprint density at radius 3 is 1.44 bits per heavy atom. The van der Waals surface area contributed by atoms with E-state index in [1.807, 2.05) is 60.7 Å². The Balaban J connectivity index is 1.02. The fourth-order valence-electron chi connectivity index (χ4n) is 8.56. The topological polar surface area (TPSA) is 43.4 Å². The van der Waals surface area contributed by atoms with Crippen molar-refractivity contribution in [1.29, 1.82) is 0 Å². The molecule has 0 saturated heterocycles. The van der Waals surface area contributed by atoms with E-state index in [4.69, 9.17) is 4.74 Å². The molecule has 0 fully saturated rings. The first-order valence-electron chi connectivity index (χ1n) is 19.0. The van der Waals surface area contributed by atoms with Crippen LogP contribution in [0.3, 0.4) is 0 Å². The molecule has 8 aromatic carbocycles. The van der Waals surface area contributed by atoms with E-state index in [1.165, 1.54) is 5.39 Å². The molecule has 57 heavy (non-hydrogen) atoms. The van der Waals surface area contributed by atoms with E-state index in [-0.39, 0.29) is 10.9 Å². The number of fused-ring (bicyclic) bond motifs is 7. The highest BCUT2D eigenvalue weighted by Crippen LogP contribution is 2.48. The molecular formula is C52H32O3S2. The highest BCUT2D eigenvalue weighted by Gasteiger charge is 2.39. The van der Waals surface area contributed by atoms with Crippen LogP contribution in [-0.2, 0) is 5.60 Å². The van der Waals surface area contributed by atoms with Crippen molar-refractivity contribution in [2.24, 2.45) is 0 Å². The molecule has 270 valence electrons.